The van der Waals surface area contributed by atoms with Gasteiger partial charge in [0.1, 0.15) is 5.82 Å². The molecule has 0 amide bonds. The summed E-state index contributed by atoms with van der Waals surface area (Å²) in [4.78, 5) is 15.7. The van der Waals surface area contributed by atoms with Gasteiger partial charge in [0.2, 0.25) is 11.6 Å². The molecule has 2 N–H and O–H groups in total. The topological polar surface area (TPSA) is 89.6 Å². The molecule has 34 heavy (non-hydrogen) atoms. The van der Waals surface area contributed by atoms with Gasteiger partial charge in [0.05, 0.1) is 31.0 Å². The summed E-state index contributed by atoms with van der Waals surface area (Å²) in [5.74, 6) is -0.330. The van der Waals surface area contributed by atoms with E-state index in [0.717, 1.165) is 11.3 Å². The van der Waals surface area contributed by atoms with Crippen LogP contribution in [0.2, 0.25) is 0 Å². The number of nitrogens with two attached hydrogens (primary N) is 1. The summed E-state index contributed by atoms with van der Waals surface area (Å²) >= 11 is 0. The Labute approximate surface area is 189 Å². The zero-order valence-electron chi connectivity index (χ0n) is 17.6. The number of rotatable bonds is 5. The van der Waals surface area contributed by atoms with E-state index in [0.29, 0.717) is 19.0 Å². The molecule has 3 atom stereocenters. The number of pyridine rings is 1. The Morgan fingerprint density at radius 1 is 1.24 bits per heavy atom. The first kappa shape index (κ1) is 22.7. The lowest BCUT2D eigenvalue weighted by Gasteiger charge is -2.29. The van der Waals surface area contributed by atoms with Gasteiger partial charge in [0, 0.05) is 37.3 Å². The molecule has 2 aromatic heterocycles. The van der Waals surface area contributed by atoms with Crippen LogP contribution in [0.5, 0.6) is 5.75 Å². The summed E-state index contributed by atoms with van der Waals surface area (Å²) in [5.41, 5.74) is 2.65. The van der Waals surface area contributed by atoms with Crippen LogP contribution in [0.3, 0.4) is 0 Å². The second-order valence-electron chi connectivity index (χ2n) is 8.53. The number of nitrogens with zero attached hydrogens (tertiary/aromatic N) is 5. The van der Waals surface area contributed by atoms with Gasteiger partial charge in [-0.2, -0.15) is 26.9 Å². The van der Waals surface area contributed by atoms with Crippen molar-refractivity contribution in [1.82, 2.24) is 15.0 Å². The van der Waals surface area contributed by atoms with Crippen molar-refractivity contribution in [2.75, 3.05) is 41.8 Å². The van der Waals surface area contributed by atoms with Crippen molar-refractivity contribution < 1.29 is 35.8 Å². The van der Waals surface area contributed by atoms with E-state index in [1.54, 1.807) is 6.07 Å². The molecule has 14 heteroatoms. The molecule has 0 aliphatic carbocycles. The van der Waals surface area contributed by atoms with Gasteiger partial charge < -0.3 is 25.0 Å². The summed E-state index contributed by atoms with van der Waals surface area (Å²) in [5, 5.41) is 0. The van der Waals surface area contributed by atoms with Gasteiger partial charge in [0.15, 0.2) is 11.6 Å². The van der Waals surface area contributed by atoms with E-state index in [2.05, 4.69) is 19.7 Å². The van der Waals surface area contributed by atoms with Crippen LogP contribution in [0.15, 0.2) is 18.3 Å². The zero-order chi connectivity index (χ0) is 24.3. The molecule has 3 aliphatic rings. The van der Waals surface area contributed by atoms with Crippen LogP contribution in [-0.2, 0) is 4.74 Å². The SMILES string of the molecule is Nc1ncc(-c2cc(N3C[C@@H]4C[C@H]3CO4)nc(N3CCC(F)(C(F)(F)F)C3)n2)cc1OC(F)F. The Morgan fingerprint density at radius 2 is 2.03 bits per heavy atom. The average Bonchev–Trinajstić information content (AvgIpc) is 3.50. The Hall–Kier alpha value is -3.03. The highest BCUT2D eigenvalue weighted by Crippen LogP contribution is 2.43. The van der Waals surface area contributed by atoms with E-state index < -0.39 is 31.4 Å². The van der Waals surface area contributed by atoms with Crippen LogP contribution in [0.1, 0.15) is 12.8 Å². The van der Waals surface area contributed by atoms with Crippen molar-refractivity contribution in [3.05, 3.63) is 18.3 Å². The van der Waals surface area contributed by atoms with E-state index in [1.807, 2.05) is 4.90 Å². The highest BCUT2D eigenvalue weighted by Gasteiger charge is 2.59. The predicted octanol–water partition coefficient (Wildman–Crippen LogP) is 3.18. The molecule has 8 nitrogen and oxygen atoms in total. The third-order valence-corrected chi connectivity index (χ3v) is 6.30. The van der Waals surface area contributed by atoms with Gasteiger partial charge >= 0.3 is 12.8 Å². The van der Waals surface area contributed by atoms with Crippen LogP contribution < -0.4 is 20.3 Å². The quantitative estimate of drug-likeness (QED) is 0.640. The molecule has 184 valence electrons. The highest BCUT2D eigenvalue weighted by molar-refractivity contribution is 5.68. The molecule has 3 fully saturated rings. The van der Waals surface area contributed by atoms with E-state index >= 15 is 0 Å². The van der Waals surface area contributed by atoms with E-state index in [9.17, 15) is 26.3 Å². The molecule has 3 saturated heterocycles. The van der Waals surface area contributed by atoms with E-state index in [4.69, 9.17) is 10.5 Å². The Morgan fingerprint density at radius 3 is 2.65 bits per heavy atom. The van der Waals surface area contributed by atoms with Gasteiger partial charge in [-0.1, -0.05) is 0 Å². The average molecular weight is 490 g/mol. The summed E-state index contributed by atoms with van der Waals surface area (Å²) in [6.07, 6.45) is -3.72. The fourth-order valence-corrected chi connectivity index (χ4v) is 4.50. The molecular formula is C20H20F6N6O2. The fraction of sp³-hybridized carbons (Fsp3) is 0.550. The number of hydrogen-bond donors (Lipinski definition) is 1. The molecule has 1 unspecified atom stereocenters. The van der Waals surface area contributed by atoms with Gasteiger partial charge in [-0.3, -0.25) is 0 Å². The van der Waals surface area contributed by atoms with Gasteiger partial charge in [-0.25, -0.2) is 14.4 Å². The predicted molar refractivity (Wildman–Crippen MR) is 109 cm³/mol. The molecule has 2 bridgehead atoms. The maximum Gasteiger partial charge on any atom is 0.424 e. The Balaban J connectivity index is 1.54. The zero-order valence-corrected chi connectivity index (χ0v) is 17.6. The van der Waals surface area contributed by atoms with Crippen LogP contribution >= 0.6 is 0 Å². The molecule has 0 radical (unpaired) electrons. The Bertz CT molecular complexity index is 1090. The summed E-state index contributed by atoms with van der Waals surface area (Å²) in [7, 11) is 0. The minimum Gasteiger partial charge on any atom is -0.431 e. The summed E-state index contributed by atoms with van der Waals surface area (Å²) < 4.78 is 89.7. The standard InChI is InChI=1S/C20H20F6N6O2/c21-17(22)34-14-3-10(6-28-16(14)27)13-5-15(32-7-12-4-11(32)8-33-12)30-18(29-13)31-2-1-19(23,9-31)20(24,25)26/h3,5-6,11-12,17H,1-2,4,7-9H2,(H2,27,28)/t11-,12-,19?/m0/s1. The lowest BCUT2D eigenvalue weighted by Crippen LogP contribution is -2.43. The largest absolute Gasteiger partial charge is 0.431 e. The number of alkyl halides is 6. The number of fused-ring (bicyclic) bond motifs is 2. The third-order valence-electron chi connectivity index (χ3n) is 6.30. The van der Waals surface area contributed by atoms with Crippen LogP contribution in [0.25, 0.3) is 11.3 Å². The highest BCUT2D eigenvalue weighted by atomic mass is 19.4. The van der Waals surface area contributed by atoms with E-state index in [-0.39, 0.29) is 47.5 Å². The van der Waals surface area contributed by atoms with Crippen molar-refractivity contribution >= 4 is 17.6 Å². The first-order valence-corrected chi connectivity index (χ1v) is 10.5. The number of morpholine rings is 1. The smallest absolute Gasteiger partial charge is 0.424 e. The lowest BCUT2D eigenvalue weighted by molar-refractivity contribution is -0.221. The first-order valence-electron chi connectivity index (χ1n) is 10.5. The molecule has 0 saturated carbocycles. The fourth-order valence-electron chi connectivity index (χ4n) is 4.50. The molecule has 3 aliphatic heterocycles. The summed E-state index contributed by atoms with van der Waals surface area (Å²) in [6.45, 7) is -3.33. The monoisotopic (exact) mass is 490 g/mol. The number of aromatic nitrogens is 3. The lowest BCUT2D eigenvalue weighted by atomic mass is 10.1. The van der Waals surface area contributed by atoms with Crippen molar-refractivity contribution in [1.29, 1.82) is 0 Å². The number of ether oxygens (including phenoxy) is 2. The molecule has 5 rings (SSSR count). The molecule has 0 aromatic carbocycles. The number of nitrogen functional groups attached to an aromatic ring is 1. The maximum atomic E-state index is 14.6. The van der Waals surface area contributed by atoms with Gasteiger partial charge in [-0.05, 0) is 12.5 Å². The van der Waals surface area contributed by atoms with Crippen molar-refractivity contribution in [3.63, 3.8) is 0 Å². The van der Waals surface area contributed by atoms with Gasteiger partial charge in [-0.15, -0.1) is 0 Å². The minimum atomic E-state index is -5.03. The number of hydrogen-bond acceptors (Lipinski definition) is 8. The minimum absolute atomic E-state index is 0.00612. The van der Waals surface area contributed by atoms with Crippen LogP contribution in [0.4, 0.5) is 43.9 Å². The normalized spacial score (nSPS) is 26.7. The van der Waals surface area contributed by atoms with Crippen LogP contribution in [0, 0.1) is 0 Å². The first-order chi connectivity index (χ1) is 16.0. The molecule has 0 spiro atoms. The van der Waals surface area contributed by atoms with Crippen LogP contribution in [-0.4, -0.2) is 71.8 Å². The second-order valence-corrected chi connectivity index (χ2v) is 8.53. The van der Waals surface area contributed by atoms with Gasteiger partial charge in [0.25, 0.3) is 0 Å². The molecular weight excluding hydrogens is 470 g/mol. The van der Waals surface area contributed by atoms with Crippen molar-refractivity contribution in [3.8, 4) is 17.0 Å². The molecule has 5 heterocycles. The van der Waals surface area contributed by atoms with Crippen molar-refractivity contribution in [2.45, 2.75) is 43.4 Å². The second kappa shape index (κ2) is 8.03. The Kier molecular flexibility index (Phi) is 5.37. The maximum absolute atomic E-state index is 14.6. The number of anilines is 3. The summed E-state index contributed by atoms with van der Waals surface area (Å²) in [6, 6.07) is 2.81. The third kappa shape index (κ3) is 4.03. The van der Waals surface area contributed by atoms with E-state index in [1.165, 1.54) is 12.3 Å². The molecule has 2 aromatic rings. The van der Waals surface area contributed by atoms with Crippen molar-refractivity contribution in [2.24, 2.45) is 0 Å². The number of halogens is 6.